The summed E-state index contributed by atoms with van der Waals surface area (Å²) in [6.45, 7) is 23.6. The highest BCUT2D eigenvalue weighted by Gasteiger charge is 2.53. The molecule has 1 aromatic rings. The highest BCUT2D eigenvalue weighted by Crippen LogP contribution is 2.59. The number of aliphatic hydroxyl groups is 1. The number of nitriles is 1. The van der Waals surface area contributed by atoms with Gasteiger partial charge in [0.05, 0.1) is 17.4 Å². The topological polar surface area (TPSA) is 44.0 Å². The van der Waals surface area contributed by atoms with E-state index in [1.54, 1.807) is 13.0 Å². The summed E-state index contributed by atoms with van der Waals surface area (Å²) in [6, 6.07) is 10.3. The fraction of sp³-hybridized carbons (Fsp3) is 0.552. The van der Waals surface area contributed by atoms with E-state index in [1.165, 1.54) is 11.1 Å². The van der Waals surface area contributed by atoms with Gasteiger partial charge in [-0.1, -0.05) is 72.2 Å². The van der Waals surface area contributed by atoms with Crippen LogP contribution in [0.1, 0.15) is 93.7 Å². The van der Waals surface area contributed by atoms with Gasteiger partial charge in [-0.3, -0.25) is 0 Å². The molecule has 0 saturated carbocycles. The molecule has 0 fully saturated rings. The van der Waals surface area contributed by atoms with Crippen LogP contribution in [0.3, 0.4) is 0 Å². The van der Waals surface area contributed by atoms with Gasteiger partial charge in [0.25, 0.3) is 0 Å². The fourth-order valence-corrected chi connectivity index (χ4v) is 4.61. The van der Waals surface area contributed by atoms with Gasteiger partial charge >= 0.3 is 0 Å². The van der Waals surface area contributed by atoms with Crippen molar-refractivity contribution in [3.63, 3.8) is 0 Å². The molecule has 0 heterocycles. The average Bonchev–Trinajstić information content (AvgIpc) is 2.69. The predicted molar refractivity (Wildman–Crippen MR) is 135 cm³/mol. The third-order valence-electron chi connectivity index (χ3n) is 6.68. The first kappa shape index (κ1) is 28.5. The maximum Gasteiger partial charge on any atom is 0.0991 e. The van der Waals surface area contributed by atoms with E-state index in [4.69, 9.17) is 0 Å². The quantitative estimate of drug-likeness (QED) is 0.285. The summed E-state index contributed by atoms with van der Waals surface area (Å²) in [5, 5.41) is 18.9. The van der Waals surface area contributed by atoms with E-state index in [0.29, 0.717) is 17.2 Å². The van der Waals surface area contributed by atoms with Crippen LogP contribution in [-0.2, 0) is 5.41 Å². The van der Waals surface area contributed by atoms with Crippen LogP contribution in [0.2, 0.25) is 0 Å². The first-order valence-electron chi connectivity index (χ1n) is 11.1. The van der Waals surface area contributed by atoms with Crippen LogP contribution in [0.15, 0.2) is 47.7 Å². The Labute approximate surface area is 192 Å². The van der Waals surface area contributed by atoms with Gasteiger partial charge in [0.2, 0.25) is 0 Å². The Hall–Kier alpha value is -2.45. The number of nitrogens with zero attached hydrogens (tertiary/aromatic N) is 1. The third-order valence-corrected chi connectivity index (χ3v) is 6.68. The van der Waals surface area contributed by atoms with Gasteiger partial charge in [-0.25, -0.2) is 0 Å². The molecule has 0 aliphatic carbocycles. The molecule has 0 aromatic heterocycles. The van der Waals surface area contributed by atoms with Crippen LogP contribution >= 0.6 is 0 Å². The molecule has 2 heteroatoms. The highest BCUT2D eigenvalue weighted by molar-refractivity contribution is 5.40. The largest absolute Gasteiger partial charge is 0.513 e. The Balaban J connectivity index is 0.00000206. The van der Waals surface area contributed by atoms with Gasteiger partial charge in [0.15, 0.2) is 0 Å². The van der Waals surface area contributed by atoms with Crippen LogP contribution in [0.25, 0.3) is 0 Å². The summed E-state index contributed by atoms with van der Waals surface area (Å²) in [4.78, 5) is 0. The Morgan fingerprint density at radius 2 is 1.45 bits per heavy atom. The molecule has 170 valence electrons. The molecule has 0 bridgehead atoms. The fourth-order valence-electron chi connectivity index (χ4n) is 4.61. The third kappa shape index (κ3) is 7.04. The average molecular weight is 422 g/mol. The number of hydrogen-bond donors (Lipinski definition) is 1. The summed E-state index contributed by atoms with van der Waals surface area (Å²) < 4.78 is 0. The number of allylic oxidation sites excluding steroid dienone is 4. The molecule has 2 atom stereocenters. The zero-order chi connectivity index (χ0) is 24.5. The molecule has 0 radical (unpaired) electrons. The molecule has 0 aliphatic rings. The van der Waals surface area contributed by atoms with Crippen LogP contribution in [-0.4, -0.2) is 5.11 Å². The molecule has 2 nitrogen and oxygen atoms in total. The minimum Gasteiger partial charge on any atom is -0.513 e. The summed E-state index contributed by atoms with van der Waals surface area (Å²) in [5.41, 5.74) is 2.88. The number of aliphatic hydroxyl groups excluding tert-OH is 1. The molecule has 1 aromatic carbocycles. The molecule has 0 spiro atoms. The van der Waals surface area contributed by atoms with Crippen molar-refractivity contribution in [3.05, 3.63) is 58.9 Å². The molecule has 1 rings (SSSR count). The van der Waals surface area contributed by atoms with Gasteiger partial charge in [0.1, 0.15) is 0 Å². The van der Waals surface area contributed by atoms with E-state index in [0.717, 1.165) is 6.42 Å². The summed E-state index contributed by atoms with van der Waals surface area (Å²) in [5.74, 6) is 6.20. The number of hydrogen-bond acceptors (Lipinski definition) is 2. The van der Waals surface area contributed by atoms with Crippen molar-refractivity contribution in [1.82, 2.24) is 0 Å². The summed E-state index contributed by atoms with van der Waals surface area (Å²) in [7, 11) is 0. The van der Waals surface area contributed by atoms with Gasteiger partial charge < -0.3 is 5.11 Å². The van der Waals surface area contributed by atoms with E-state index in [9.17, 15) is 10.4 Å². The molecule has 31 heavy (non-hydrogen) atoms. The standard InChI is InChI=1S/C25H37NO.C4H6/c1-18(2)16-24(8,22-14-12-21(17-26)13-15-22)25(9,23(5,6)7)19(3)10-11-20(4)27;1-3-4-2/h10-15,18,27H,16H2,1-9H3;1-2H3/b19-10+,20-11+;. The first-order chi connectivity index (χ1) is 14.2. The van der Waals surface area contributed by atoms with Crippen LogP contribution in [0, 0.1) is 39.9 Å². The van der Waals surface area contributed by atoms with Gasteiger partial charge in [-0.2, -0.15) is 5.26 Å². The Bertz CT molecular complexity index is 853. The Morgan fingerprint density at radius 3 is 1.77 bits per heavy atom. The molecular formula is C29H43NO. The van der Waals surface area contributed by atoms with Crippen molar-refractivity contribution >= 4 is 0 Å². The van der Waals surface area contributed by atoms with E-state index in [-0.39, 0.29) is 16.2 Å². The van der Waals surface area contributed by atoms with Gasteiger partial charge in [0, 0.05) is 10.8 Å². The Kier molecular flexibility index (Phi) is 10.9. The smallest absolute Gasteiger partial charge is 0.0991 e. The molecule has 2 unspecified atom stereocenters. The molecule has 0 aliphatic heterocycles. The summed E-state index contributed by atoms with van der Waals surface area (Å²) >= 11 is 0. The summed E-state index contributed by atoms with van der Waals surface area (Å²) in [6.07, 6.45) is 4.87. The van der Waals surface area contributed by atoms with Crippen molar-refractivity contribution in [2.24, 2.45) is 16.7 Å². The van der Waals surface area contributed by atoms with Crippen molar-refractivity contribution in [2.75, 3.05) is 0 Å². The second-order valence-corrected chi connectivity index (χ2v) is 10.2. The van der Waals surface area contributed by atoms with E-state index >= 15 is 0 Å². The lowest BCUT2D eigenvalue weighted by molar-refractivity contribution is 0.0402. The minimum absolute atomic E-state index is 0.0116. The zero-order valence-corrected chi connectivity index (χ0v) is 21.6. The van der Waals surface area contributed by atoms with Crippen LogP contribution < -0.4 is 0 Å². The van der Waals surface area contributed by atoms with Crippen molar-refractivity contribution in [1.29, 1.82) is 5.26 Å². The zero-order valence-electron chi connectivity index (χ0n) is 21.6. The second-order valence-electron chi connectivity index (χ2n) is 10.2. The van der Waals surface area contributed by atoms with Crippen LogP contribution in [0.5, 0.6) is 0 Å². The van der Waals surface area contributed by atoms with Gasteiger partial charge in [-0.05, 0) is 69.2 Å². The highest BCUT2D eigenvalue weighted by atomic mass is 16.3. The first-order valence-corrected chi connectivity index (χ1v) is 11.1. The lowest BCUT2D eigenvalue weighted by Crippen LogP contribution is -2.51. The molecule has 0 saturated heterocycles. The number of rotatable bonds is 6. The van der Waals surface area contributed by atoms with Gasteiger partial charge in [-0.15, -0.1) is 11.8 Å². The van der Waals surface area contributed by atoms with E-state index in [2.05, 4.69) is 91.5 Å². The number of benzene rings is 1. The molecule has 1 N–H and O–H groups in total. The van der Waals surface area contributed by atoms with Crippen LogP contribution in [0.4, 0.5) is 0 Å². The lowest BCUT2D eigenvalue weighted by atomic mass is 9.47. The maximum atomic E-state index is 9.68. The van der Waals surface area contributed by atoms with E-state index in [1.807, 2.05) is 26.0 Å². The second kappa shape index (κ2) is 11.8. The Morgan fingerprint density at radius 1 is 0.968 bits per heavy atom. The normalized spacial score (nSPS) is 16.1. The lowest BCUT2D eigenvalue weighted by Gasteiger charge is -2.56. The van der Waals surface area contributed by atoms with Crippen molar-refractivity contribution in [2.45, 2.75) is 88.0 Å². The van der Waals surface area contributed by atoms with E-state index < -0.39 is 0 Å². The van der Waals surface area contributed by atoms with Crippen molar-refractivity contribution < 1.29 is 5.11 Å². The minimum atomic E-state index is -0.162. The predicted octanol–water partition coefficient (Wildman–Crippen LogP) is 8.35. The maximum absolute atomic E-state index is 9.68. The SMILES string of the molecule is C/C(O)=C\C=C(/C)C(C)(C(C)(C)C)C(C)(CC(C)C)c1ccc(C#N)cc1.CC#CC. The monoisotopic (exact) mass is 421 g/mol. The molecule has 0 amide bonds. The molecular weight excluding hydrogens is 378 g/mol. The van der Waals surface area contributed by atoms with Crippen molar-refractivity contribution in [3.8, 4) is 17.9 Å².